The Kier molecular flexibility index (Phi) is 6.80. The van der Waals surface area contributed by atoms with Crippen molar-refractivity contribution in [1.82, 2.24) is 14.8 Å². The number of aromatic nitrogens is 3. The number of hydrogen-bond donors (Lipinski definition) is 1. The molecule has 0 atom stereocenters. The molecule has 5 aromatic rings. The summed E-state index contributed by atoms with van der Waals surface area (Å²) in [6, 6.07) is 13.4. The van der Waals surface area contributed by atoms with Crippen molar-refractivity contribution in [3.63, 3.8) is 0 Å². The van der Waals surface area contributed by atoms with Crippen LogP contribution in [0.5, 0.6) is 5.75 Å². The van der Waals surface area contributed by atoms with Gasteiger partial charge in [-0.2, -0.15) is 5.10 Å². The summed E-state index contributed by atoms with van der Waals surface area (Å²) in [5, 5.41) is 7.03. The molecule has 2 aromatic heterocycles. The highest BCUT2D eigenvalue weighted by molar-refractivity contribution is 6.04. The molecule has 212 valence electrons. The van der Waals surface area contributed by atoms with Gasteiger partial charge < -0.3 is 14.5 Å². The van der Waals surface area contributed by atoms with E-state index in [9.17, 15) is 9.18 Å². The fourth-order valence-electron chi connectivity index (χ4n) is 5.87. The number of halogens is 2. The van der Waals surface area contributed by atoms with E-state index in [0.717, 1.165) is 58.1 Å². The van der Waals surface area contributed by atoms with Crippen LogP contribution in [0.2, 0.25) is 0 Å². The maximum Gasteiger partial charge on any atom is 0.355 e. The van der Waals surface area contributed by atoms with E-state index in [4.69, 9.17) is 9.47 Å². The zero-order valence-corrected chi connectivity index (χ0v) is 23.7. The van der Waals surface area contributed by atoms with Gasteiger partial charge in [0, 0.05) is 34.1 Å². The molecular formula is C33H33F2N3O3. The van der Waals surface area contributed by atoms with Crippen molar-refractivity contribution in [1.29, 1.82) is 0 Å². The number of nitrogens with zero attached hydrogens (tertiary/aromatic N) is 2. The van der Waals surface area contributed by atoms with Gasteiger partial charge in [0.1, 0.15) is 28.7 Å². The molecule has 0 spiro atoms. The van der Waals surface area contributed by atoms with Crippen molar-refractivity contribution in [2.24, 2.45) is 0 Å². The van der Waals surface area contributed by atoms with Crippen LogP contribution in [0.1, 0.15) is 61.1 Å². The summed E-state index contributed by atoms with van der Waals surface area (Å²) < 4.78 is 43.1. The van der Waals surface area contributed by atoms with Crippen LogP contribution in [0, 0.1) is 18.6 Å². The van der Waals surface area contributed by atoms with Crippen LogP contribution >= 0.6 is 0 Å². The topological polar surface area (TPSA) is 69.1 Å². The Labute approximate surface area is 237 Å². The number of fused-ring (bicyclic) bond motifs is 3. The molecule has 8 heteroatoms. The fraction of sp³-hybridized carbons (Fsp3) is 0.333. The SMILES string of the molecule is Cc1nn2c(c1-c1c(F)ccc3c(CCCOc4cccc5cc(F)ccc45)c(C(=O)OC(C)(C)C)[nH]c13)CCC2. The average Bonchev–Trinajstić information content (AvgIpc) is 3.59. The van der Waals surface area contributed by atoms with Gasteiger partial charge in [-0.05, 0) is 101 Å². The first-order valence-electron chi connectivity index (χ1n) is 14.0. The lowest BCUT2D eigenvalue weighted by Gasteiger charge is -2.19. The number of nitrogens with one attached hydrogen (secondary N) is 1. The van der Waals surface area contributed by atoms with Gasteiger partial charge in [0.25, 0.3) is 0 Å². The van der Waals surface area contributed by atoms with E-state index in [1.807, 2.05) is 50.6 Å². The zero-order valence-electron chi connectivity index (χ0n) is 23.7. The van der Waals surface area contributed by atoms with E-state index in [2.05, 4.69) is 10.1 Å². The molecule has 0 amide bonds. The number of rotatable bonds is 7. The lowest BCUT2D eigenvalue weighted by atomic mass is 9.97. The first kappa shape index (κ1) is 27.0. The van der Waals surface area contributed by atoms with Gasteiger partial charge in [-0.25, -0.2) is 13.6 Å². The van der Waals surface area contributed by atoms with Crippen molar-refractivity contribution in [3.8, 4) is 16.9 Å². The summed E-state index contributed by atoms with van der Waals surface area (Å²) in [7, 11) is 0. The van der Waals surface area contributed by atoms with Crippen LogP contribution in [0.3, 0.4) is 0 Å². The van der Waals surface area contributed by atoms with E-state index < -0.39 is 11.6 Å². The minimum atomic E-state index is -0.694. The van der Waals surface area contributed by atoms with Crippen LogP contribution in [0.25, 0.3) is 32.8 Å². The maximum atomic E-state index is 15.6. The molecule has 0 unspecified atom stereocenters. The molecule has 0 bridgehead atoms. The third-order valence-corrected chi connectivity index (χ3v) is 7.53. The average molecular weight is 558 g/mol. The Morgan fingerprint density at radius 1 is 1.07 bits per heavy atom. The Morgan fingerprint density at radius 3 is 2.68 bits per heavy atom. The van der Waals surface area contributed by atoms with Gasteiger partial charge >= 0.3 is 5.97 Å². The summed E-state index contributed by atoms with van der Waals surface area (Å²) in [5.74, 6) is -0.467. The number of aromatic amines is 1. The lowest BCUT2D eigenvalue weighted by molar-refractivity contribution is 0.00625. The Balaban J connectivity index is 1.35. The van der Waals surface area contributed by atoms with E-state index in [-0.39, 0.29) is 11.6 Å². The summed E-state index contributed by atoms with van der Waals surface area (Å²) in [5.41, 5.74) is 3.99. The number of hydrogen-bond acceptors (Lipinski definition) is 4. The van der Waals surface area contributed by atoms with Crippen molar-refractivity contribution in [2.45, 2.75) is 65.5 Å². The molecule has 3 aromatic carbocycles. The summed E-state index contributed by atoms with van der Waals surface area (Å²) in [6.07, 6.45) is 2.90. The maximum absolute atomic E-state index is 15.6. The fourth-order valence-corrected chi connectivity index (χ4v) is 5.87. The molecule has 1 aliphatic rings. The van der Waals surface area contributed by atoms with Crippen LogP contribution in [-0.4, -0.2) is 32.9 Å². The van der Waals surface area contributed by atoms with Crippen molar-refractivity contribution in [3.05, 3.63) is 82.8 Å². The second-order valence-electron chi connectivity index (χ2n) is 11.6. The highest BCUT2D eigenvalue weighted by Gasteiger charge is 2.29. The Bertz CT molecular complexity index is 1800. The van der Waals surface area contributed by atoms with Crippen molar-refractivity contribution >= 4 is 27.6 Å². The number of carbonyl (C=O) groups is 1. The highest BCUT2D eigenvalue weighted by Crippen LogP contribution is 2.40. The van der Waals surface area contributed by atoms with Crippen LogP contribution < -0.4 is 4.74 Å². The van der Waals surface area contributed by atoms with Gasteiger partial charge in [0.05, 0.1) is 17.8 Å². The first-order valence-corrected chi connectivity index (χ1v) is 14.0. The smallest absolute Gasteiger partial charge is 0.355 e. The van der Waals surface area contributed by atoms with E-state index in [1.165, 1.54) is 18.2 Å². The second-order valence-corrected chi connectivity index (χ2v) is 11.6. The van der Waals surface area contributed by atoms with E-state index in [0.29, 0.717) is 42.0 Å². The van der Waals surface area contributed by atoms with Gasteiger partial charge in [-0.1, -0.05) is 12.1 Å². The zero-order chi connectivity index (χ0) is 28.9. The van der Waals surface area contributed by atoms with E-state index >= 15 is 4.39 Å². The summed E-state index contributed by atoms with van der Waals surface area (Å²) in [6.45, 7) is 8.56. The summed E-state index contributed by atoms with van der Waals surface area (Å²) >= 11 is 0. The third kappa shape index (κ3) is 5.07. The minimum absolute atomic E-state index is 0.296. The molecule has 1 N–H and O–H groups in total. The molecule has 1 aliphatic heterocycles. The van der Waals surface area contributed by atoms with Crippen LogP contribution in [0.4, 0.5) is 8.78 Å². The molecule has 6 rings (SSSR count). The van der Waals surface area contributed by atoms with Gasteiger partial charge in [0.2, 0.25) is 0 Å². The second kappa shape index (κ2) is 10.3. The van der Waals surface area contributed by atoms with Crippen molar-refractivity contribution in [2.75, 3.05) is 6.61 Å². The van der Waals surface area contributed by atoms with Gasteiger partial charge in [0.15, 0.2) is 0 Å². The number of esters is 1. The molecule has 0 fully saturated rings. The molecule has 6 nitrogen and oxygen atoms in total. The van der Waals surface area contributed by atoms with Crippen LogP contribution in [-0.2, 0) is 24.1 Å². The normalized spacial score (nSPS) is 13.2. The predicted octanol–water partition coefficient (Wildman–Crippen LogP) is 7.68. The van der Waals surface area contributed by atoms with Crippen molar-refractivity contribution < 1.29 is 23.0 Å². The quantitative estimate of drug-likeness (QED) is 0.165. The molecule has 0 saturated carbocycles. The van der Waals surface area contributed by atoms with Gasteiger partial charge in [-0.3, -0.25) is 4.68 Å². The number of H-pyrrole nitrogens is 1. The number of benzene rings is 3. The largest absolute Gasteiger partial charge is 0.493 e. The monoisotopic (exact) mass is 557 g/mol. The molecule has 0 saturated heterocycles. The first-order chi connectivity index (χ1) is 19.6. The number of aryl methyl sites for hydroxylation is 3. The molecule has 0 aliphatic carbocycles. The number of carbonyl (C=O) groups excluding carboxylic acids is 1. The molecule has 41 heavy (non-hydrogen) atoms. The third-order valence-electron chi connectivity index (χ3n) is 7.53. The lowest BCUT2D eigenvalue weighted by Crippen LogP contribution is -2.24. The predicted molar refractivity (Wildman–Crippen MR) is 155 cm³/mol. The Hall–Kier alpha value is -4.20. The van der Waals surface area contributed by atoms with E-state index in [1.54, 1.807) is 12.1 Å². The molecule has 3 heterocycles. The standard InChI is InChI=1S/C33H33F2N3O3/c1-19-28(26-10-6-16-38(26)37-19)29-25(35)15-14-24-23(31(36-30(24)29)32(39)41-33(2,3)4)9-7-17-40-27-11-5-8-20-18-21(34)12-13-22(20)27/h5,8,11-15,18,36H,6-7,9-10,16-17H2,1-4H3. The summed E-state index contributed by atoms with van der Waals surface area (Å²) in [4.78, 5) is 16.7. The van der Waals surface area contributed by atoms with Crippen LogP contribution in [0.15, 0.2) is 48.5 Å². The minimum Gasteiger partial charge on any atom is -0.493 e. The molecule has 0 radical (unpaired) electrons. The molecular weight excluding hydrogens is 524 g/mol. The highest BCUT2D eigenvalue weighted by atomic mass is 19.1. The number of ether oxygens (including phenoxy) is 2. The van der Waals surface area contributed by atoms with Gasteiger partial charge in [-0.15, -0.1) is 0 Å². The Morgan fingerprint density at radius 2 is 1.88 bits per heavy atom.